The summed E-state index contributed by atoms with van der Waals surface area (Å²) in [5, 5.41) is 0. The highest BCUT2D eigenvalue weighted by atomic mass is 127. The number of amides is 3. The van der Waals surface area contributed by atoms with Crippen molar-refractivity contribution in [2.75, 3.05) is 4.90 Å². The Morgan fingerprint density at radius 2 is 1.79 bits per heavy atom. The first-order chi connectivity index (χ1) is 13.7. The van der Waals surface area contributed by atoms with Gasteiger partial charge in [0.15, 0.2) is 0 Å². The minimum absolute atomic E-state index is 0.109. The van der Waals surface area contributed by atoms with E-state index < -0.39 is 29.2 Å². The van der Waals surface area contributed by atoms with Crippen molar-refractivity contribution in [3.05, 3.63) is 63.5 Å². The van der Waals surface area contributed by atoms with Crippen molar-refractivity contribution < 1.29 is 18.8 Å². The molecule has 29 heavy (non-hydrogen) atoms. The molecule has 1 saturated heterocycles. The summed E-state index contributed by atoms with van der Waals surface area (Å²) in [4.78, 5) is 41.8. The highest BCUT2D eigenvalue weighted by Gasteiger charge is 2.48. The van der Waals surface area contributed by atoms with Gasteiger partial charge in [0.1, 0.15) is 11.9 Å². The maximum absolute atomic E-state index is 14.3. The third-order valence-corrected chi connectivity index (χ3v) is 6.08. The number of carbonyl (C=O) groups is 3. The van der Waals surface area contributed by atoms with Gasteiger partial charge in [-0.2, -0.15) is 0 Å². The molecule has 0 aliphatic carbocycles. The second-order valence-corrected chi connectivity index (χ2v) is 8.83. The van der Waals surface area contributed by atoms with E-state index in [4.69, 9.17) is 0 Å². The summed E-state index contributed by atoms with van der Waals surface area (Å²) < 4.78 is 15.3. The standard InChI is InChI=1S/C22H22FIN2O3/c1-4-22(2,3)26(20(28)16-7-5-6-8-17(16)23)18-13-19(27)25(21(18)29)15-11-9-14(24)10-12-15/h5-12,18H,4,13H2,1-3H3. The zero-order valence-electron chi connectivity index (χ0n) is 16.5. The summed E-state index contributed by atoms with van der Waals surface area (Å²) in [5.41, 5.74) is -0.389. The van der Waals surface area contributed by atoms with Gasteiger partial charge < -0.3 is 4.90 Å². The number of carbonyl (C=O) groups excluding carboxylic acids is 3. The van der Waals surface area contributed by atoms with E-state index in [1.54, 1.807) is 18.2 Å². The molecule has 1 heterocycles. The molecule has 1 fully saturated rings. The third kappa shape index (κ3) is 4.05. The molecule has 1 aliphatic rings. The van der Waals surface area contributed by atoms with Gasteiger partial charge in [0.05, 0.1) is 17.7 Å². The number of nitrogens with zero attached hydrogens (tertiary/aromatic N) is 2. The third-order valence-electron chi connectivity index (χ3n) is 5.36. The first-order valence-electron chi connectivity index (χ1n) is 9.38. The van der Waals surface area contributed by atoms with Crippen LogP contribution in [-0.4, -0.2) is 34.2 Å². The lowest BCUT2D eigenvalue weighted by Crippen LogP contribution is -2.55. The molecule has 0 spiro atoms. The van der Waals surface area contributed by atoms with E-state index in [0.717, 1.165) is 8.47 Å². The second-order valence-electron chi connectivity index (χ2n) is 7.58. The monoisotopic (exact) mass is 508 g/mol. The molecule has 0 radical (unpaired) electrons. The lowest BCUT2D eigenvalue weighted by Gasteiger charge is -2.41. The number of rotatable bonds is 5. The van der Waals surface area contributed by atoms with Crippen molar-refractivity contribution in [2.24, 2.45) is 0 Å². The topological polar surface area (TPSA) is 57.7 Å². The van der Waals surface area contributed by atoms with Crippen molar-refractivity contribution in [1.29, 1.82) is 0 Å². The van der Waals surface area contributed by atoms with Crippen LogP contribution in [0.5, 0.6) is 0 Å². The van der Waals surface area contributed by atoms with Crippen LogP contribution in [0.1, 0.15) is 44.0 Å². The molecular weight excluding hydrogens is 486 g/mol. The summed E-state index contributed by atoms with van der Waals surface area (Å²) in [7, 11) is 0. The lowest BCUT2D eigenvalue weighted by molar-refractivity contribution is -0.123. The van der Waals surface area contributed by atoms with Crippen LogP contribution in [0.3, 0.4) is 0 Å². The summed E-state index contributed by atoms with van der Waals surface area (Å²) >= 11 is 2.14. The van der Waals surface area contributed by atoms with Gasteiger partial charge in [-0.3, -0.25) is 14.4 Å². The smallest absolute Gasteiger partial charge is 0.257 e. The van der Waals surface area contributed by atoms with Crippen LogP contribution in [-0.2, 0) is 9.59 Å². The van der Waals surface area contributed by atoms with Gasteiger partial charge in [-0.25, -0.2) is 9.29 Å². The molecule has 2 aromatic rings. The molecule has 152 valence electrons. The zero-order valence-corrected chi connectivity index (χ0v) is 18.6. The largest absolute Gasteiger partial charge is 0.321 e. The zero-order chi connectivity index (χ0) is 21.3. The number of hydrogen-bond acceptors (Lipinski definition) is 3. The molecule has 0 N–H and O–H groups in total. The average Bonchev–Trinajstić information content (AvgIpc) is 2.96. The lowest BCUT2D eigenvalue weighted by atomic mass is 9.94. The highest BCUT2D eigenvalue weighted by molar-refractivity contribution is 14.1. The van der Waals surface area contributed by atoms with E-state index in [0.29, 0.717) is 12.1 Å². The number of hydrogen-bond donors (Lipinski definition) is 0. The molecule has 3 amide bonds. The molecule has 1 unspecified atom stereocenters. The van der Waals surface area contributed by atoms with Crippen LogP contribution < -0.4 is 4.90 Å². The molecule has 7 heteroatoms. The maximum Gasteiger partial charge on any atom is 0.257 e. The van der Waals surface area contributed by atoms with Crippen LogP contribution in [0.25, 0.3) is 0 Å². The highest BCUT2D eigenvalue weighted by Crippen LogP contribution is 2.33. The fourth-order valence-electron chi connectivity index (χ4n) is 3.45. The molecule has 0 aromatic heterocycles. The van der Waals surface area contributed by atoms with E-state index in [-0.39, 0.29) is 17.9 Å². The Balaban J connectivity index is 2.02. The van der Waals surface area contributed by atoms with Gasteiger partial charge in [0.25, 0.3) is 11.8 Å². The second kappa shape index (κ2) is 8.22. The minimum Gasteiger partial charge on any atom is -0.321 e. The Hall–Kier alpha value is -2.29. The summed E-state index contributed by atoms with van der Waals surface area (Å²) in [6.45, 7) is 5.52. The number of halogens is 2. The van der Waals surface area contributed by atoms with Gasteiger partial charge in [-0.05, 0) is 79.3 Å². The fraction of sp³-hybridized carbons (Fsp3) is 0.318. The predicted molar refractivity (Wildman–Crippen MR) is 117 cm³/mol. The van der Waals surface area contributed by atoms with Crippen LogP contribution in [0.2, 0.25) is 0 Å². The number of imide groups is 1. The Morgan fingerprint density at radius 1 is 1.17 bits per heavy atom. The van der Waals surface area contributed by atoms with E-state index in [1.807, 2.05) is 32.9 Å². The van der Waals surface area contributed by atoms with Crippen molar-refractivity contribution in [3.8, 4) is 0 Å². The van der Waals surface area contributed by atoms with Crippen molar-refractivity contribution in [3.63, 3.8) is 0 Å². The first-order valence-corrected chi connectivity index (χ1v) is 10.5. The van der Waals surface area contributed by atoms with E-state index in [2.05, 4.69) is 22.6 Å². The molecule has 5 nitrogen and oxygen atoms in total. The number of anilines is 1. The molecule has 3 rings (SSSR count). The Labute approximate surface area is 183 Å². The first kappa shape index (κ1) is 21.4. The SMILES string of the molecule is CCC(C)(C)N(C(=O)c1ccccc1F)C1CC(=O)N(c2ccc(I)cc2)C1=O. The van der Waals surface area contributed by atoms with Crippen LogP contribution in [0, 0.1) is 9.39 Å². The molecule has 1 aliphatic heterocycles. The van der Waals surface area contributed by atoms with E-state index in [1.165, 1.54) is 23.1 Å². The average molecular weight is 508 g/mol. The van der Waals surface area contributed by atoms with E-state index in [9.17, 15) is 18.8 Å². The van der Waals surface area contributed by atoms with Gasteiger partial charge in [0, 0.05) is 9.11 Å². The van der Waals surface area contributed by atoms with Crippen LogP contribution in [0.15, 0.2) is 48.5 Å². The number of benzene rings is 2. The molecule has 0 saturated carbocycles. The molecular formula is C22H22FIN2O3. The van der Waals surface area contributed by atoms with Crippen LogP contribution in [0.4, 0.5) is 10.1 Å². The Morgan fingerprint density at radius 3 is 2.38 bits per heavy atom. The van der Waals surface area contributed by atoms with Crippen molar-refractivity contribution >= 4 is 46.0 Å². The minimum atomic E-state index is -0.983. The summed E-state index contributed by atoms with van der Waals surface area (Å²) in [6, 6.07) is 11.7. The fourth-order valence-corrected chi connectivity index (χ4v) is 3.81. The quantitative estimate of drug-likeness (QED) is 0.445. The molecule has 2 aromatic carbocycles. The normalized spacial score (nSPS) is 17.0. The van der Waals surface area contributed by atoms with Gasteiger partial charge in [-0.15, -0.1) is 0 Å². The van der Waals surface area contributed by atoms with Gasteiger partial charge in [-0.1, -0.05) is 19.1 Å². The van der Waals surface area contributed by atoms with Gasteiger partial charge >= 0.3 is 0 Å². The Bertz CT molecular complexity index is 959. The van der Waals surface area contributed by atoms with Crippen molar-refractivity contribution in [2.45, 2.75) is 45.2 Å². The summed E-state index contributed by atoms with van der Waals surface area (Å²) in [6.07, 6.45) is 0.406. The van der Waals surface area contributed by atoms with Crippen LogP contribution >= 0.6 is 22.6 Å². The van der Waals surface area contributed by atoms with E-state index >= 15 is 0 Å². The van der Waals surface area contributed by atoms with Gasteiger partial charge in [0.2, 0.25) is 5.91 Å². The molecule has 0 bridgehead atoms. The Kier molecular flexibility index (Phi) is 6.07. The molecule has 1 atom stereocenters. The maximum atomic E-state index is 14.3. The van der Waals surface area contributed by atoms with Crippen molar-refractivity contribution in [1.82, 2.24) is 4.90 Å². The predicted octanol–water partition coefficient (Wildman–Crippen LogP) is 4.39. The summed E-state index contributed by atoms with van der Waals surface area (Å²) in [5.74, 6) is -2.09.